The van der Waals surface area contributed by atoms with Gasteiger partial charge in [0.2, 0.25) is 0 Å². The van der Waals surface area contributed by atoms with Gasteiger partial charge in [0.15, 0.2) is 0 Å². The molecule has 0 heterocycles. The van der Waals surface area contributed by atoms with Crippen LogP contribution in [0.5, 0.6) is 0 Å². The van der Waals surface area contributed by atoms with Gasteiger partial charge in [-0.05, 0) is 0 Å². The van der Waals surface area contributed by atoms with Gasteiger partial charge in [-0.15, -0.1) is 0 Å². The molecular weight excluding hydrogens is 121 g/mol. The summed E-state index contributed by atoms with van der Waals surface area (Å²) in [5.41, 5.74) is 5.44. The Hall–Kier alpha value is -1.06. The first kappa shape index (κ1) is 7.94. The smallest absolute Gasteiger partial charge is 0.107 e. The standard InChI is InChI=1S/C5H10FN3/c6-1-2-9-4-5(8)3-7/h3-4,7,9H,1-2,8H2/b5-4+,7-3?. The summed E-state index contributed by atoms with van der Waals surface area (Å²) < 4.78 is 11.4. The number of hydrogen-bond acceptors (Lipinski definition) is 3. The molecule has 0 spiro atoms. The molecule has 0 aliphatic heterocycles. The topological polar surface area (TPSA) is 61.9 Å². The van der Waals surface area contributed by atoms with Crippen LogP contribution in [0.25, 0.3) is 0 Å². The number of alkyl halides is 1. The van der Waals surface area contributed by atoms with E-state index in [1.54, 1.807) is 0 Å². The predicted molar refractivity (Wildman–Crippen MR) is 35.0 cm³/mol. The van der Waals surface area contributed by atoms with Gasteiger partial charge in [0.05, 0.1) is 5.70 Å². The molecule has 0 amide bonds. The van der Waals surface area contributed by atoms with Gasteiger partial charge in [-0.3, -0.25) is 0 Å². The summed E-state index contributed by atoms with van der Waals surface area (Å²) in [7, 11) is 0. The SMILES string of the molecule is N=C/C(N)=C\NCCF. The van der Waals surface area contributed by atoms with E-state index in [9.17, 15) is 4.39 Å². The molecule has 3 nitrogen and oxygen atoms in total. The lowest BCUT2D eigenvalue weighted by molar-refractivity contribution is 0.486. The van der Waals surface area contributed by atoms with Crippen LogP contribution in [-0.2, 0) is 0 Å². The molecular formula is C5H10FN3. The van der Waals surface area contributed by atoms with E-state index in [4.69, 9.17) is 11.1 Å². The summed E-state index contributed by atoms with van der Waals surface area (Å²) in [5.74, 6) is 0. The van der Waals surface area contributed by atoms with E-state index in [-0.39, 0.29) is 6.54 Å². The van der Waals surface area contributed by atoms with Crippen LogP contribution in [0.1, 0.15) is 0 Å². The molecule has 0 fully saturated rings. The third-order valence-electron chi connectivity index (χ3n) is 0.674. The maximum atomic E-state index is 11.4. The van der Waals surface area contributed by atoms with Crippen LogP contribution in [0.4, 0.5) is 4.39 Å². The van der Waals surface area contributed by atoms with Gasteiger partial charge in [0.25, 0.3) is 0 Å². The van der Waals surface area contributed by atoms with Crippen molar-refractivity contribution in [3.05, 3.63) is 11.9 Å². The van der Waals surface area contributed by atoms with Crippen LogP contribution in [0.2, 0.25) is 0 Å². The minimum atomic E-state index is -0.429. The second-order valence-corrected chi connectivity index (χ2v) is 1.43. The number of allylic oxidation sites excluding steroid dienone is 1. The van der Waals surface area contributed by atoms with E-state index in [1.165, 1.54) is 6.20 Å². The molecule has 0 radical (unpaired) electrons. The molecule has 4 N–H and O–H groups in total. The lowest BCUT2D eigenvalue weighted by Crippen LogP contribution is -2.12. The van der Waals surface area contributed by atoms with Crippen molar-refractivity contribution >= 4 is 6.21 Å². The number of rotatable bonds is 4. The van der Waals surface area contributed by atoms with E-state index < -0.39 is 6.67 Å². The third kappa shape index (κ3) is 4.80. The predicted octanol–water partition coefficient (Wildman–Crippen LogP) is -0.00483. The highest BCUT2D eigenvalue weighted by atomic mass is 19.1. The fourth-order valence-corrected chi connectivity index (χ4v) is 0.286. The Morgan fingerprint density at radius 1 is 1.78 bits per heavy atom. The maximum absolute atomic E-state index is 11.4. The second-order valence-electron chi connectivity index (χ2n) is 1.43. The quantitative estimate of drug-likeness (QED) is 0.371. The molecule has 0 bridgehead atoms. The Bertz CT molecular complexity index is 111. The molecule has 52 valence electrons. The fraction of sp³-hybridized carbons (Fsp3) is 0.400. The molecule has 0 aliphatic carbocycles. The molecule has 0 unspecified atom stereocenters. The van der Waals surface area contributed by atoms with Crippen molar-refractivity contribution in [2.75, 3.05) is 13.2 Å². The van der Waals surface area contributed by atoms with Crippen LogP contribution in [0, 0.1) is 5.41 Å². The molecule has 0 rings (SSSR count). The normalized spacial score (nSPS) is 11.0. The number of nitrogens with two attached hydrogens (primary N) is 1. The molecule has 9 heavy (non-hydrogen) atoms. The average molecular weight is 131 g/mol. The molecule has 0 aromatic heterocycles. The second kappa shape index (κ2) is 5.08. The van der Waals surface area contributed by atoms with Crippen molar-refractivity contribution in [2.45, 2.75) is 0 Å². The molecule has 0 aromatic rings. The average Bonchev–Trinajstić information content (AvgIpc) is 1.89. The first-order valence-electron chi connectivity index (χ1n) is 2.56. The van der Waals surface area contributed by atoms with Crippen molar-refractivity contribution in [3.8, 4) is 0 Å². The zero-order chi connectivity index (χ0) is 7.11. The van der Waals surface area contributed by atoms with E-state index in [2.05, 4.69) is 5.32 Å². The lowest BCUT2D eigenvalue weighted by atomic mass is 10.5. The highest BCUT2D eigenvalue weighted by molar-refractivity contribution is 5.73. The van der Waals surface area contributed by atoms with Crippen LogP contribution < -0.4 is 11.1 Å². The molecule has 0 atom stereocenters. The number of nitrogens with one attached hydrogen (secondary N) is 2. The van der Waals surface area contributed by atoms with Gasteiger partial charge >= 0.3 is 0 Å². The molecule has 0 aromatic carbocycles. The Morgan fingerprint density at radius 3 is 2.89 bits per heavy atom. The lowest BCUT2D eigenvalue weighted by Gasteiger charge is -1.93. The summed E-state index contributed by atoms with van der Waals surface area (Å²) in [6.07, 6.45) is 2.39. The number of hydrogen-bond donors (Lipinski definition) is 3. The van der Waals surface area contributed by atoms with Gasteiger partial charge in [-0.25, -0.2) is 4.39 Å². The van der Waals surface area contributed by atoms with Crippen LogP contribution in [-0.4, -0.2) is 19.4 Å². The zero-order valence-electron chi connectivity index (χ0n) is 5.02. The van der Waals surface area contributed by atoms with Crippen molar-refractivity contribution in [3.63, 3.8) is 0 Å². The van der Waals surface area contributed by atoms with Crippen molar-refractivity contribution < 1.29 is 4.39 Å². The van der Waals surface area contributed by atoms with Crippen molar-refractivity contribution in [1.29, 1.82) is 5.41 Å². The van der Waals surface area contributed by atoms with Gasteiger partial charge in [0, 0.05) is 19.0 Å². The molecule has 0 saturated carbocycles. The summed E-state index contributed by atoms with van der Waals surface area (Å²) in [5, 5.41) is 9.16. The number of halogens is 1. The Labute approximate surface area is 53.3 Å². The summed E-state index contributed by atoms with van der Waals surface area (Å²) in [6, 6.07) is 0. The Kier molecular flexibility index (Phi) is 4.49. The summed E-state index contributed by atoms with van der Waals surface area (Å²) >= 11 is 0. The Morgan fingerprint density at radius 2 is 2.44 bits per heavy atom. The molecule has 0 aliphatic rings. The summed E-state index contributed by atoms with van der Waals surface area (Å²) in [6.45, 7) is -0.184. The highest BCUT2D eigenvalue weighted by Gasteiger charge is 1.79. The zero-order valence-corrected chi connectivity index (χ0v) is 5.02. The van der Waals surface area contributed by atoms with Gasteiger partial charge < -0.3 is 16.5 Å². The summed E-state index contributed by atoms with van der Waals surface area (Å²) in [4.78, 5) is 0. The van der Waals surface area contributed by atoms with E-state index in [1.807, 2.05) is 0 Å². The highest BCUT2D eigenvalue weighted by Crippen LogP contribution is 1.71. The van der Waals surface area contributed by atoms with Crippen LogP contribution in [0.15, 0.2) is 11.9 Å². The van der Waals surface area contributed by atoms with Crippen LogP contribution >= 0.6 is 0 Å². The maximum Gasteiger partial charge on any atom is 0.107 e. The first-order valence-corrected chi connectivity index (χ1v) is 2.56. The Balaban J connectivity index is 3.31. The minimum Gasteiger partial charge on any atom is -0.396 e. The monoisotopic (exact) mass is 131 g/mol. The van der Waals surface area contributed by atoms with Gasteiger partial charge in [-0.2, -0.15) is 0 Å². The van der Waals surface area contributed by atoms with Gasteiger partial charge in [0.1, 0.15) is 6.67 Å². The van der Waals surface area contributed by atoms with E-state index in [0.717, 1.165) is 6.21 Å². The van der Waals surface area contributed by atoms with E-state index >= 15 is 0 Å². The first-order chi connectivity index (χ1) is 4.31. The fourth-order valence-electron chi connectivity index (χ4n) is 0.286. The van der Waals surface area contributed by atoms with Crippen molar-refractivity contribution in [2.24, 2.45) is 5.73 Å². The van der Waals surface area contributed by atoms with Crippen molar-refractivity contribution in [1.82, 2.24) is 5.32 Å². The third-order valence-corrected chi connectivity index (χ3v) is 0.674. The van der Waals surface area contributed by atoms with Gasteiger partial charge in [-0.1, -0.05) is 0 Å². The van der Waals surface area contributed by atoms with E-state index in [0.29, 0.717) is 5.70 Å². The minimum absolute atomic E-state index is 0.245. The molecule has 0 saturated heterocycles. The largest absolute Gasteiger partial charge is 0.396 e. The molecule has 4 heteroatoms. The van der Waals surface area contributed by atoms with Crippen LogP contribution in [0.3, 0.4) is 0 Å².